The lowest BCUT2D eigenvalue weighted by Crippen LogP contribution is -2.49. The molecule has 0 radical (unpaired) electrons. The lowest BCUT2D eigenvalue weighted by molar-refractivity contribution is -0.137. The molecule has 2 aliphatic heterocycles. The van der Waals surface area contributed by atoms with E-state index in [0.717, 1.165) is 18.5 Å². The number of rotatable bonds is 3. The Balaban J connectivity index is 1.41. The van der Waals surface area contributed by atoms with Crippen molar-refractivity contribution < 1.29 is 14.4 Å². The summed E-state index contributed by atoms with van der Waals surface area (Å²) in [7, 11) is 0. The molecule has 3 atom stereocenters. The van der Waals surface area contributed by atoms with Gasteiger partial charge in [-0.25, -0.2) is 0 Å². The molecule has 1 saturated carbocycles. The molecule has 0 N–H and O–H groups in total. The van der Waals surface area contributed by atoms with Gasteiger partial charge in [0.1, 0.15) is 0 Å². The van der Waals surface area contributed by atoms with E-state index in [9.17, 15) is 14.4 Å². The van der Waals surface area contributed by atoms with E-state index in [0.29, 0.717) is 32.6 Å². The molecule has 6 nitrogen and oxygen atoms in total. The summed E-state index contributed by atoms with van der Waals surface area (Å²) in [6.07, 6.45) is 2.36. The second-order valence-corrected chi connectivity index (χ2v) is 7.31. The Morgan fingerprint density at radius 3 is 2.44 bits per heavy atom. The van der Waals surface area contributed by atoms with Crippen molar-refractivity contribution in [1.29, 1.82) is 0 Å². The van der Waals surface area contributed by atoms with E-state index >= 15 is 0 Å². The molecule has 3 unspecified atom stereocenters. The summed E-state index contributed by atoms with van der Waals surface area (Å²) in [5.74, 6) is -0.216. The van der Waals surface area contributed by atoms with Crippen molar-refractivity contribution in [3.8, 4) is 0 Å². The minimum absolute atomic E-state index is 0.0732. The fourth-order valence-corrected chi connectivity index (χ4v) is 4.10. The highest BCUT2D eigenvalue weighted by Gasteiger charge is 2.52. The number of benzene rings is 1. The van der Waals surface area contributed by atoms with Crippen LogP contribution in [0.25, 0.3) is 0 Å². The van der Waals surface area contributed by atoms with Crippen LogP contribution in [-0.2, 0) is 20.8 Å². The number of carbonyl (C=O) groups excluding carboxylic acids is 3. The molecule has 4 rings (SSSR count). The van der Waals surface area contributed by atoms with E-state index in [1.54, 1.807) is 9.80 Å². The number of fused-ring (bicyclic) bond motifs is 1. The molecule has 1 aromatic rings. The molecular weight excluding hydrogens is 318 g/mol. The van der Waals surface area contributed by atoms with Crippen LogP contribution in [0, 0.1) is 11.8 Å². The van der Waals surface area contributed by atoms with E-state index < -0.39 is 0 Å². The first kappa shape index (κ1) is 16.1. The highest BCUT2D eigenvalue weighted by Crippen LogP contribution is 2.44. The molecule has 6 heteroatoms. The number of hydrogen-bond donors (Lipinski definition) is 0. The average molecular weight is 341 g/mol. The quantitative estimate of drug-likeness (QED) is 0.768. The molecular formula is C19H23N3O3. The van der Waals surface area contributed by atoms with Crippen molar-refractivity contribution in [3.05, 3.63) is 29.8 Å². The Morgan fingerprint density at radius 1 is 1.04 bits per heavy atom. The van der Waals surface area contributed by atoms with Crippen LogP contribution >= 0.6 is 0 Å². The van der Waals surface area contributed by atoms with Gasteiger partial charge >= 0.3 is 0 Å². The molecule has 2 fully saturated rings. The SMILES string of the molecule is CC1Cc2ccccc2N1C(=O)C1CC1C(=O)N1CCN(C=O)CC1. The largest absolute Gasteiger partial charge is 0.342 e. The van der Waals surface area contributed by atoms with Crippen LogP contribution < -0.4 is 4.90 Å². The monoisotopic (exact) mass is 341 g/mol. The molecule has 25 heavy (non-hydrogen) atoms. The fraction of sp³-hybridized carbons (Fsp3) is 0.526. The van der Waals surface area contributed by atoms with Crippen LogP contribution in [0.2, 0.25) is 0 Å². The number of carbonyl (C=O) groups is 3. The number of para-hydroxylation sites is 1. The second kappa shape index (κ2) is 6.17. The number of nitrogens with zero attached hydrogens (tertiary/aromatic N) is 3. The molecule has 0 spiro atoms. The van der Waals surface area contributed by atoms with Gasteiger partial charge in [0.25, 0.3) is 0 Å². The van der Waals surface area contributed by atoms with Crippen LogP contribution in [0.3, 0.4) is 0 Å². The minimum atomic E-state index is -0.190. The van der Waals surface area contributed by atoms with Crippen LogP contribution in [0.1, 0.15) is 18.9 Å². The Hall–Kier alpha value is -2.37. The van der Waals surface area contributed by atoms with E-state index in [-0.39, 0.29) is 29.7 Å². The lowest BCUT2D eigenvalue weighted by atomic mass is 10.1. The van der Waals surface area contributed by atoms with Crippen LogP contribution in [0.15, 0.2) is 24.3 Å². The molecule has 3 amide bonds. The highest BCUT2D eigenvalue weighted by atomic mass is 16.2. The minimum Gasteiger partial charge on any atom is -0.342 e. The van der Waals surface area contributed by atoms with Gasteiger partial charge in [0.2, 0.25) is 18.2 Å². The second-order valence-electron chi connectivity index (χ2n) is 7.31. The maximum Gasteiger partial charge on any atom is 0.231 e. The summed E-state index contributed by atoms with van der Waals surface area (Å²) in [5.41, 5.74) is 2.20. The van der Waals surface area contributed by atoms with E-state index in [1.165, 1.54) is 5.56 Å². The van der Waals surface area contributed by atoms with Crippen LogP contribution in [0.4, 0.5) is 5.69 Å². The van der Waals surface area contributed by atoms with Gasteiger partial charge in [-0.15, -0.1) is 0 Å². The van der Waals surface area contributed by atoms with E-state index in [2.05, 4.69) is 13.0 Å². The topological polar surface area (TPSA) is 60.9 Å². The zero-order valence-electron chi connectivity index (χ0n) is 14.4. The van der Waals surface area contributed by atoms with Gasteiger partial charge in [0, 0.05) is 37.9 Å². The maximum absolute atomic E-state index is 13.0. The van der Waals surface area contributed by atoms with Crippen molar-refractivity contribution in [2.45, 2.75) is 25.8 Å². The summed E-state index contributed by atoms with van der Waals surface area (Å²) in [6, 6.07) is 8.18. The summed E-state index contributed by atoms with van der Waals surface area (Å²) in [5, 5.41) is 0. The molecule has 132 valence electrons. The predicted molar refractivity (Wildman–Crippen MR) is 92.9 cm³/mol. The zero-order chi connectivity index (χ0) is 17.6. The van der Waals surface area contributed by atoms with Crippen molar-refractivity contribution >= 4 is 23.9 Å². The third-order valence-corrected chi connectivity index (χ3v) is 5.64. The molecule has 2 heterocycles. The van der Waals surface area contributed by atoms with Crippen molar-refractivity contribution in [2.24, 2.45) is 11.8 Å². The van der Waals surface area contributed by atoms with Gasteiger partial charge in [-0.3, -0.25) is 14.4 Å². The number of anilines is 1. The third-order valence-electron chi connectivity index (χ3n) is 5.64. The van der Waals surface area contributed by atoms with Crippen molar-refractivity contribution in [1.82, 2.24) is 9.80 Å². The molecule has 1 aromatic carbocycles. The van der Waals surface area contributed by atoms with E-state index in [1.807, 2.05) is 23.1 Å². The first-order valence-corrected chi connectivity index (χ1v) is 8.99. The van der Waals surface area contributed by atoms with Crippen LogP contribution in [-0.4, -0.2) is 60.2 Å². The molecule has 1 aliphatic carbocycles. The number of hydrogen-bond acceptors (Lipinski definition) is 3. The first-order chi connectivity index (χ1) is 12.1. The molecule has 3 aliphatic rings. The summed E-state index contributed by atoms with van der Waals surface area (Å²) >= 11 is 0. The van der Waals surface area contributed by atoms with Crippen molar-refractivity contribution in [3.63, 3.8) is 0 Å². The lowest BCUT2D eigenvalue weighted by Gasteiger charge is -2.32. The molecule has 0 aromatic heterocycles. The maximum atomic E-state index is 13.0. The van der Waals surface area contributed by atoms with Gasteiger partial charge in [-0.05, 0) is 31.4 Å². The Morgan fingerprint density at radius 2 is 1.72 bits per heavy atom. The van der Waals surface area contributed by atoms with Gasteiger partial charge in [-0.1, -0.05) is 18.2 Å². The molecule has 1 saturated heterocycles. The number of piperazine rings is 1. The van der Waals surface area contributed by atoms with E-state index in [4.69, 9.17) is 0 Å². The normalized spacial score (nSPS) is 27.9. The summed E-state index contributed by atoms with van der Waals surface area (Å²) in [6.45, 7) is 4.36. The third kappa shape index (κ3) is 2.79. The average Bonchev–Trinajstić information content (AvgIpc) is 3.36. The standard InChI is InChI=1S/C19H23N3O3/c1-13-10-14-4-2-3-5-17(14)22(13)19(25)16-11-15(16)18(24)21-8-6-20(12-23)7-9-21/h2-5,12-13,15-16H,6-11H2,1H3. The Labute approximate surface area is 147 Å². The summed E-state index contributed by atoms with van der Waals surface area (Å²) < 4.78 is 0. The highest BCUT2D eigenvalue weighted by molar-refractivity contribution is 6.02. The molecule has 0 bridgehead atoms. The van der Waals surface area contributed by atoms with Gasteiger partial charge in [0.05, 0.1) is 11.8 Å². The van der Waals surface area contributed by atoms with Gasteiger partial charge in [-0.2, -0.15) is 0 Å². The smallest absolute Gasteiger partial charge is 0.231 e. The van der Waals surface area contributed by atoms with Crippen LogP contribution in [0.5, 0.6) is 0 Å². The summed E-state index contributed by atoms with van der Waals surface area (Å²) in [4.78, 5) is 41.8. The number of amides is 3. The van der Waals surface area contributed by atoms with Gasteiger partial charge in [0.15, 0.2) is 0 Å². The zero-order valence-corrected chi connectivity index (χ0v) is 14.4. The fourth-order valence-electron chi connectivity index (χ4n) is 4.10. The van der Waals surface area contributed by atoms with Gasteiger partial charge < -0.3 is 14.7 Å². The first-order valence-electron chi connectivity index (χ1n) is 8.99. The Kier molecular flexibility index (Phi) is 3.98. The Bertz CT molecular complexity index is 712. The predicted octanol–water partition coefficient (Wildman–Crippen LogP) is 0.901. The van der Waals surface area contributed by atoms with Crippen molar-refractivity contribution in [2.75, 3.05) is 31.1 Å².